The fourth-order valence-corrected chi connectivity index (χ4v) is 1.39. The van der Waals surface area contributed by atoms with Crippen LogP contribution in [0, 0.1) is 5.41 Å². The van der Waals surface area contributed by atoms with Crippen LogP contribution in [0.1, 0.15) is 38.3 Å². The fraction of sp³-hybridized carbons (Fsp3) is 0.500. The summed E-state index contributed by atoms with van der Waals surface area (Å²) in [4.78, 5) is 0. The Morgan fingerprint density at radius 2 is 1.57 bits per heavy atom. The van der Waals surface area contributed by atoms with E-state index < -0.39 is 6.43 Å². The Morgan fingerprint density at radius 1 is 1.07 bits per heavy atom. The summed E-state index contributed by atoms with van der Waals surface area (Å²) in [7, 11) is 0. The molecule has 0 spiro atoms. The molecule has 0 bridgehead atoms. The largest absolute Gasteiger partial charge is 0.263 e. The molecule has 0 amide bonds. The van der Waals surface area contributed by atoms with Crippen LogP contribution in [0.5, 0.6) is 0 Å². The standard InChI is InChI=1S/C12H16F2/c1-12(2,3)8-9-4-6-10(7-5-9)11(13)14/h4-7,11H,8H2,1-3H3. The molecule has 0 atom stereocenters. The highest BCUT2D eigenvalue weighted by Gasteiger charge is 2.12. The van der Waals surface area contributed by atoms with E-state index in [0.717, 1.165) is 12.0 Å². The van der Waals surface area contributed by atoms with Gasteiger partial charge in [0.1, 0.15) is 0 Å². The molecule has 0 heterocycles. The number of hydrogen-bond donors (Lipinski definition) is 0. The molecule has 78 valence electrons. The van der Waals surface area contributed by atoms with Crippen LogP contribution >= 0.6 is 0 Å². The molecule has 1 aromatic rings. The zero-order chi connectivity index (χ0) is 10.8. The number of benzene rings is 1. The van der Waals surface area contributed by atoms with Crippen molar-refractivity contribution in [3.05, 3.63) is 35.4 Å². The SMILES string of the molecule is CC(C)(C)Cc1ccc(C(F)F)cc1. The zero-order valence-electron chi connectivity index (χ0n) is 8.85. The van der Waals surface area contributed by atoms with E-state index in [2.05, 4.69) is 20.8 Å². The second-order valence-electron chi connectivity index (χ2n) is 4.78. The van der Waals surface area contributed by atoms with E-state index in [-0.39, 0.29) is 11.0 Å². The van der Waals surface area contributed by atoms with Crippen LogP contribution in [0.25, 0.3) is 0 Å². The molecule has 0 aliphatic rings. The third-order valence-corrected chi connectivity index (χ3v) is 1.97. The van der Waals surface area contributed by atoms with Gasteiger partial charge in [0.05, 0.1) is 0 Å². The Morgan fingerprint density at radius 3 is 1.93 bits per heavy atom. The molecular weight excluding hydrogens is 182 g/mol. The highest BCUT2D eigenvalue weighted by molar-refractivity contribution is 5.23. The molecule has 0 aliphatic carbocycles. The third-order valence-electron chi connectivity index (χ3n) is 1.97. The predicted octanol–water partition coefficient (Wildman–Crippen LogP) is 4.21. The van der Waals surface area contributed by atoms with E-state index in [0.29, 0.717) is 0 Å². The van der Waals surface area contributed by atoms with E-state index in [1.54, 1.807) is 12.1 Å². The Hall–Kier alpha value is -0.920. The van der Waals surface area contributed by atoms with Gasteiger partial charge < -0.3 is 0 Å². The molecule has 0 fully saturated rings. The van der Waals surface area contributed by atoms with Gasteiger partial charge in [-0.25, -0.2) is 8.78 Å². The Balaban J connectivity index is 2.74. The summed E-state index contributed by atoms with van der Waals surface area (Å²) < 4.78 is 24.5. The first-order valence-electron chi connectivity index (χ1n) is 4.75. The van der Waals surface area contributed by atoms with Gasteiger partial charge in [-0.15, -0.1) is 0 Å². The molecular formula is C12H16F2. The number of alkyl halides is 2. The maximum Gasteiger partial charge on any atom is 0.263 e. The Kier molecular flexibility index (Phi) is 3.25. The normalized spacial score (nSPS) is 12.1. The van der Waals surface area contributed by atoms with Crippen molar-refractivity contribution >= 4 is 0 Å². The molecule has 0 radical (unpaired) electrons. The van der Waals surface area contributed by atoms with E-state index in [9.17, 15) is 8.78 Å². The van der Waals surface area contributed by atoms with Gasteiger partial charge in [0, 0.05) is 5.56 Å². The minimum Gasteiger partial charge on any atom is -0.205 e. The van der Waals surface area contributed by atoms with Gasteiger partial charge in [-0.3, -0.25) is 0 Å². The van der Waals surface area contributed by atoms with Crippen LogP contribution in [0.3, 0.4) is 0 Å². The maximum atomic E-state index is 12.2. The summed E-state index contributed by atoms with van der Waals surface area (Å²) in [6, 6.07) is 6.58. The smallest absolute Gasteiger partial charge is 0.205 e. The lowest BCUT2D eigenvalue weighted by Crippen LogP contribution is -2.08. The van der Waals surface area contributed by atoms with E-state index >= 15 is 0 Å². The van der Waals surface area contributed by atoms with Gasteiger partial charge in [0.2, 0.25) is 0 Å². The second kappa shape index (κ2) is 4.07. The molecule has 0 aliphatic heterocycles. The highest BCUT2D eigenvalue weighted by Crippen LogP contribution is 2.23. The molecule has 0 aromatic heterocycles. The Labute approximate surface area is 84.0 Å². The quantitative estimate of drug-likeness (QED) is 0.667. The van der Waals surface area contributed by atoms with E-state index in [4.69, 9.17) is 0 Å². The average Bonchev–Trinajstić information content (AvgIpc) is 2.02. The lowest BCUT2D eigenvalue weighted by molar-refractivity contribution is 0.151. The summed E-state index contributed by atoms with van der Waals surface area (Å²) in [6.45, 7) is 6.40. The van der Waals surface area contributed by atoms with Gasteiger partial charge in [-0.05, 0) is 17.4 Å². The first-order chi connectivity index (χ1) is 6.38. The molecule has 0 saturated carbocycles. The van der Waals surface area contributed by atoms with Crippen molar-refractivity contribution in [3.8, 4) is 0 Å². The first-order valence-corrected chi connectivity index (χ1v) is 4.75. The number of halogens is 2. The van der Waals surface area contributed by atoms with Crippen LogP contribution in [0.15, 0.2) is 24.3 Å². The average molecular weight is 198 g/mol. The van der Waals surface area contributed by atoms with Crippen molar-refractivity contribution in [2.24, 2.45) is 5.41 Å². The molecule has 1 aromatic carbocycles. The molecule has 2 heteroatoms. The lowest BCUT2D eigenvalue weighted by atomic mass is 9.88. The van der Waals surface area contributed by atoms with Crippen LogP contribution in [0.2, 0.25) is 0 Å². The van der Waals surface area contributed by atoms with Gasteiger partial charge in [-0.1, -0.05) is 45.0 Å². The zero-order valence-corrected chi connectivity index (χ0v) is 8.85. The molecule has 1 rings (SSSR count). The summed E-state index contributed by atoms with van der Waals surface area (Å²) in [6.07, 6.45) is -1.45. The number of rotatable bonds is 2. The summed E-state index contributed by atoms with van der Waals surface area (Å²) in [5.74, 6) is 0. The molecule has 0 unspecified atom stereocenters. The van der Waals surface area contributed by atoms with Crippen LogP contribution < -0.4 is 0 Å². The van der Waals surface area contributed by atoms with Crippen molar-refractivity contribution in [1.29, 1.82) is 0 Å². The van der Waals surface area contributed by atoms with Crippen LogP contribution in [-0.2, 0) is 6.42 Å². The van der Waals surface area contributed by atoms with Crippen molar-refractivity contribution in [1.82, 2.24) is 0 Å². The molecule has 0 nitrogen and oxygen atoms in total. The van der Waals surface area contributed by atoms with Gasteiger partial charge in [0.15, 0.2) is 0 Å². The predicted molar refractivity (Wildman–Crippen MR) is 54.6 cm³/mol. The summed E-state index contributed by atoms with van der Waals surface area (Å²) in [5.41, 5.74) is 1.41. The number of hydrogen-bond acceptors (Lipinski definition) is 0. The highest BCUT2D eigenvalue weighted by atomic mass is 19.3. The van der Waals surface area contributed by atoms with Crippen molar-refractivity contribution in [2.75, 3.05) is 0 Å². The van der Waals surface area contributed by atoms with E-state index in [1.165, 1.54) is 12.1 Å². The molecule has 14 heavy (non-hydrogen) atoms. The maximum absolute atomic E-state index is 12.2. The van der Waals surface area contributed by atoms with Crippen molar-refractivity contribution in [2.45, 2.75) is 33.6 Å². The topological polar surface area (TPSA) is 0 Å². The van der Waals surface area contributed by atoms with Crippen LogP contribution in [-0.4, -0.2) is 0 Å². The van der Waals surface area contributed by atoms with Gasteiger partial charge >= 0.3 is 0 Å². The van der Waals surface area contributed by atoms with Crippen LogP contribution in [0.4, 0.5) is 8.78 Å². The Bertz CT molecular complexity index is 280. The second-order valence-corrected chi connectivity index (χ2v) is 4.78. The van der Waals surface area contributed by atoms with Gasteiger partial charge in [0.25, 0.3) is 6.43 Å². The third kappa shape index (κ3) is 3.44. The lowest BCUT2D eigenvalue weighted by Gasteiger charge is -2.18. The first kappa shape index (κ1) is 11.2. The fourth-order valence-electron chi connectivity index (χ4n) is 1.39. The summed E-state index contributed by atoms with van der Waals surface area (Å²) in [5, 5.41) is 0. The monoisotopic (exact) mass is 198 g/mol. The summed E-state index contributed by atoms with van der Waals surface area (Å²) >= 11 is 0. The van der Waals surface area contributed by atoms with Gasteiger partial charge in [-0.2, -0.15) is 0 Å². The minimum atomic E-state index is -2.36. The molecule has 0 N–H and O–H groups in total. The minimum absolute atomic E-state index is 0.0997. The van der Waals surface area contributed by atoms with Crippen molar-refractivity contribution < 1.29 is 8.78 Å². The molecule has 0 saturated heterocycles. The van der Waals surface area contributed by atoms with E-state index in [1.807, 2.05) is 0 Å². The van der Waals surface area contributed by atoms with Crippen molar-refractivity contribution in [3.63, 3.8) is 0 Å².